The molecule has 2 heterocycles. The minimum atomic E-state index is -1.10. The number of carboxylic acids is 1. The quantitative estimate of drug-likeness (QED) is 0.865. The second-order valence-electron chi connectivity index (χ2n) is 5.03. The third kappa shape index (κ3) is 2.28. The predicted molar refractivity (Wildman–Crippen MR) is 70.7 cm³/mol. The summed E-state index contributed by atoms with van der Waals surface area (Å²) in [6.07, 6.45) is 0.495. The molecule has 5 nitrogen and oxygen atoms in total. The Bertz CT molecular complexity index is 474. The van der Waals surface area contributed by atoms with Gasteiger partial charge in [-0.15, -0.1) is 11.3 Å². The molecule has 1 aliphatic rings. The summed E-state index contributed by atoms with van der Waals surface area (Å²) in [5, 5.41) is 10.2. The maximum atomic E-state index is 11.1. The second-order valence-corrected chi connectivity index (χ2v) is 6.44. The molecule has 2 atom stereocenters. The zero-order valence-electron chi connectivity index (χ0n) is 10.9. The first kappa shape index (κ1) is 13.5. The Balaban J connectivity index is 2.15. The van der Waals surface area contributed by atoms with Crippen molar-refractivity contribution >= 4 is 17.3 Å². The molecule has 1 fully saturated rings. The average Bonchev–Trinajstić information content (AvgIpc) is 2.82. The predicted octanol–water partition coefficient (Wildman–Crippen LogP) is 1.31. The summed E-state index contributed by atoms with van der Waals surface area (Å²) in [5.74, 6) is -0.914. The van der Waals surface area contributed by atoms with Gasteiger partial charge in [-0.25, -0.2) is 4.98 Å². The van der Waals surface area contributed by atoms with Gasteiger partial charge in [0.05, 0.1) is 16.7 Å². The summed E-state index contributed by atoms with van der Waals surface area (Å²) in [6, 6.07) is 0.125. The molecule has 0 bridgehead atoms. The molecular weight excluding hydrogens is 250 g/mol. The van der Waals surface area contributed by atoms with Crippen molar-refractivity contribution in [3.05, 3.63) is 15.6 Å². The van der Waals surface area contributed by atoms with Gasteiger partial charge in [0.1, 0.15) is 5.54 Å². The molecule has 100 valence electrons. The van der Waals surface area contributed by atoms with Crippen molar-refractivity contribution in [3.8, 4) is 0 Å². The molecule has 0 amide bonds. The van der Waals surface area contributed by atoms with E-state index >= 15 is 0 Å². The van der Waals surface area contributed by atoms with Crippen molar-refractivity contribution in [2.24, 2.45) is 5.73 Å². The highest BCUT2D eigenvalue weighted by Crippen LogP contribution is 2.31. The highest BCUT2D eigenvalue weighted by molar-refractivity contribution is 7.11. The molecule has 6 heteroatoms. The fourth-order valence-electron chi connectivity index (χ4n) is 2.47. The van der Waals surface area contributed by atoms with Crippen LogP contribution in [0.3, 0.4) is 0 Å². The van der Waals surface area contributed by atoms with Gasteiger partial charge in [-0.2, -0.15) is 0 Å². The Labute approximate surface area is 111 Å². The van der Waals surface area contributed by atoms with Crippen LogP contribution in [0.5, 0.6) is 0 Å². The van der Waals surface area contributed by atoms with Crippen LogP contribution in [0.25, 0.3) is 0 Å². The fourth-order valence-corrected chi connectivity index (χ4v) is 3.38. The van der Waals surface area contributed by atoms with E-state index in [-0.39, 0.29) is 6.04 Å². The number of carboxylic acid groups (broad SMARTS) is 1. The van der Waals surface area contributed by atoms with Gasteiger partial charge >= 0.3 is 5.97 Å². The Morgan fingerprint density at radius 3 is 2.72 bits per heavy atom. The maximum absolute atomic E-state index is 11.1. The van der Waals surface area contributed by atoms with Gasteiger partial charge in [0.15, 0.2) is 0 Å². The van der Waals surface area contributed by atoms with Crippen LogP contribution in [0.15, 0.2) is 0 Å². The second kappa shape index (κ2) is 4.60. The number of aryl methyl sites for hydroxylation is 2. The van der Waals surface area contributed by atoms with Crippen LogP contribution >= 0.6 is 11.3 Å². The SMILES string of the molecule is Cc1nc(C(C)N2CCC(N)(C(=O)O)C2)c(C)s1. The first-order valence-electron chi connectivity index (χ1n) is 6.04. The highest BCUT2D eigenvalue weighted by Gasteiger charge is 2.43. The van der Waals surface area contributed by atoms with Crippen LogP contribution in [-0.2, 0) is 4.79 Å². The Morgan fingerprint density at radius 1 is 1.61 bits per heavy atom. The number of hydrogen-bond acceptors (Lipinski definition) is 5. The highest BCUT2D eigenvalue weighted by atomic mass is 32.1. The van der Waals surface area contributed by atoms with Gasteiger partial charge in [0, 0.05) is 18.0 Å². The average molecular weight is 269 g/mol. The molecule has 2 unspecified atom stereocenters. The van der Waals surface area contributed by atoms with Gasteiger partial charge in [-0.05, 0) is 27.2 Å². The third-order valence-electron chi connectivity index (χ3n) is 3.64. The summed E-state index contributed by atoms with van der Waals surface area (Å²) in [4.78, 5) is 19.0. The molecule has 0 aromatic carbocycles. The van der Waals surface area contributed by atoms with Crippen LogP contribution < -0.4 is 5.73 Å². The molecule has 1 aliphatic heterocycles. The summed E-state index contributed by atoms with van der Waals surface area (Å²) < 4.78 is 0. The maximum Gasteiger partial charge on any atom is 0.325 e. The van der Waals surface area contributed by atoms with Gasteiger partial charge in [0.2, 0.25) is 0 Å². The Kier molecular flexibility index (Phi) is 3.44. The normalized spacial score (nSPS) is 26.4. The summed E-state index contributed by atoms with van der Waals surface area (Å²) in [6.45, 7) is 7.20. The first-order valence-corrected chi connectivity index (χ1v) is 6.85. The van der Waals surface area contributed by atoms with Crippen LogP contribution in [-0.4, -0.2) is 39.6 Å². The van der Waals surface area contributed by atoms with E-state index in [0.717, 1.165) is 10.7 Å². The van der Waals surface area contributed by atoms with Crippen LogP contribution in [0.4, 0.5) is 0 Å². The molecule has 0 radical (unpaired) electrons. The topological polar surface area (TPSA) is 79.5 Å². The number of carbonyl (C=O) groups is 1. The van der Waals surface area contributed by atoms with Gasteiger partial charge < -0.3 is 10.8 Å². The van der Waals surface area contributed by atoms with E-state index in [0.29, 0.717) is 19.5 Å². The van der Waals surface area contributed by atoms with Crippen molar-refractivity contribution in [2.45, 2.75) is 38.8 Å². The van der Waals surface area contributed by atoms with E-state index in [9.17, 15) is 4.79 Å². The van der Waals surface area contributed by atoms with E-state index in [1.807, 2.05) is 6.92 Å². The molecule has 0 saturated carbocycles. The van der Waals surface area contributed by atoms with Crippen molar-refractivity contribution < 1.29 is 9.90 Å². The lowest BCUT2D eigenvalue weighted by Crippen LogP contribution is -2.50. The lowest BCUT2D eigenvalue weighted by molar-refractivity contribution is -0.142. The van der Waals surface area contributed by atoms with Crippen molar-refractivity contribution in [1.29, 1.82) is 0 Å². The van der Waals surface area contributed by atoms with E-state index in [4.69, 9.17) is 10.8 Å². The molecule has 0 aliphatic carbocycles. The molecule has 0 spiro atoms. The molecular formula is C12H19N3O2S. The number of hydrogen-bond donors (Lipinski definition) is 2. The molecule has 1 saturated heterocycles. The number of likely N-dealkylation sites (tertiary alicyclic amines) is 1. The summed E-state index contributed by atoms with van der Waals surface area (Å²) in [7, 11) is 0. The van der Waals surface area contributed by atoms with Crippen molar-refractivity contribution in [2.75, 3.05) is 13.1 Å². The summed E-state index contributed by atoms with van der Waals surface area (Å²) >= 11 is 1.68. The molecule has 18 heavy (non-hydrogen) atoms. The third-order valence-corrected chi connectivity index (χ3v) is 4.54. The monoisotopic (exact) mass is 269 g/mol. The number of rotatable bonds is 3. The lowest BCUT2D eigenvalue weighted by Gasteiger charge is -2.25. The van der Waals surface area contributed by atoms with Crippen LogP contribution in [0, 0.1) is 13.8 Å². The first-order chi connectivity index (χ1) is 8.33. The zero-order valence-corrected chi connectivity index (χ0v) is 11.8. The molecule has 1 aromatic heterocycles. The van der Waals surface area contributed by atoms with E-state index in [1.54, 1.807) is 11.3 Å². The standard InChI is InChI=1S/C12H19N3O2S/c1-7(10-8(2)18-9(3)14-10)15-5-4-12(13,6-15)11(16)17/h7H,4-6,13H2,1-3H3,(H,16,17). The Morgan fingerprint density at radius 2 is 2.28 bits per heavy atom. The van der Waals surface area contributed by atoms with E-state index < -0.39 is 11.5 Å². The van der Waals surface area contributed by atoms with Crippen molar-refractivity contribution in [1.82, 2.24) is 9.88 Å². The smallest absolute Gasteiger partial charge is 0.325 e. The van der Waals surface area contributed by atoms with E-state index in [2.05, 4.69) is 23.7 Å². The molecule has 2 rings (SSSR count). The number of nitrogens with zero attached hydrogens (tertiary/aromatic N) is 2. The van der Waals surface area contributed by atoms with Crippen LogP contribution in [0.1, 0.15) is 35.0 Å². The lowest BCUT2D eigenvalue weighted by atomic mass is 10.0. The van der Waals surface area contributed by atoms with Gasteiger partial charge in [-0.3, -0.25) is 9.69 Å². The minimum Gasteiger partial charge on any atom is -0.480 e. The van der Waals surface area contributed by atoms with Gasteiger partial charge in [0.25, 0.3) is 0 Å². The number of aliphatic carboxylic acids is 1. The summed E-state index contributed by atoms with van der Waals surface area (Å²) in [5.41, 5.74) is 5.84. The van der Waals surface area contributed by atoms with E-state index in [1.165, 1.54) is 4.88 Å². The number of aromatic nitrogens is 1. The molecule has 3 N–H and O–H groups in total. The molecule has 1 aromatic rings. The van der Waals surface area contributed by atoms with Crippen molar-refractivity contribution in [3.63, 3.8) is 0 Å². The zero-order chi connectivity index (χ0) is 13.5. The minimum absolute atomic E-state index is 0.125. The Hall–Kier alpha value is -0.980. The van der Waals surface area contributed by atoms with Gasteiger partial charge in [-0.1, -0.05) is 0 Å². The van der Waals surface area contributed by atoms with Crippen LogP contribution in [0.2, 0.25) is 0 Å². The number of thiazole rings is 1. The fraction of sp³-hybridized carbons (Fsp3) is 0.667. The number of nitrogens with two attached hydrogens (primary N) is 1. The largest absolute Gasteiger partial charge is 0.480 e.